The molecule has 0 bridgehead atoms. The number of quaternary nitrogens is 1. The Bertz CT molecular complexity index is 2670. The molecule has 432 valence electrons. The van der Waals surface area contributed by atoms with E-state index in [9.17, 15) is 0 Å². The molecule has 5 aromatic rings. The van der Waals surface area contributed by atoms with Crippen LogP contribution < -0.4 is 47.5 Å². The first-order chi connectivity index (χ1) is 34.9. The second kappa shape index (κ2) is 21.3. The summed E-state index contributed by atoms with van der Waals surface area (Å²) in [6, 6.07) is 10.4. The molecule has 0 radical (unpaired) electrons. The van der Waals surface area contributed by atoms with Gasteiger partial charge in [-0.1, -0.05) is 154 Å². The summed E-state index contributed by atoms with van der Waals surface area (Å²) in [7, 11) is -11.9. The van der Waals surface area contributed by atoms with Crippen LogP contribution in [0.1, 0.15) is 83.1 Å². The second-order valence-corrected chi connectivity index (χ2v) is 47.9. The quantitative estimate of drug-likeness (QED) is 0.0852. The molecule has 0 aromatic heterocycles. The normalized spacial score (nSPS) is 13.6. The maximum atomic E-state index is 17.8. The predicted molar refractivity (Wildman–Crippen MR) is 296 cm³/mol. The van der Waals surface area contributed by atoms with Crippen LogP contribution in [0.25, 0.3) is 0 Å². The number of nitrogens with one attached hydrogen (secondary N) is 1. The van der Waals surface area contributed by atoms with Gasteiger partial charge in [-0.2, -0.15) is 0 Å². The summed E-state index contributed by atoms with van der Waals surface area (Å²) < 4.78 is 280. The Morgan fingerprint density at radius 1 is 0.282 bits per heavy atom. The van der Waals surface area contributed by atoms with Gasteiger partial charge in [-0.25, -0.2) is 70.2 Å². The van der Waals surface area contributed by atoms with E-state index in [4.69, 9.17) is 0 Å². The van der Waals surface area contributed by atoms with Crippen molar-refractivity contribution in [1.82, 2.24) is 0 Å². The third-order valence-electron chi connectivity index (χ3n) is 18.3. The number of para-hydroxylation sites is 1. The molecule has 0 spiro atoms. The van der Waals surface area contributed by atoms with Gasteiger partial charge < -0.3 is 4.90 Å². The van der Waals surface area contributed by atoms with Gasteiger partial charge in [0, 0.05) is 20.7 Å². The topological polar surface area (TPSA) is 4.44 Å². The van der Waals surface area contributed by atoms with E-state index in [1.54, 1.807) is 0 Å². The van der Waals surface area contributed by atoms with E-state index >= 15 is 70.2 Å². The molecule has 0 saturated carbocycles. The molecule has 5 aromatic carbocycles. The zero-order chi connectivity index (χ0) is 61.0. The number of hydrogen-bond donors (Lipinski definition) is 1. The van der Waals surface area contributed by atoms with Crippen molar-refractivity contribution in [3.8, 4) is 0 Å². The lowest BCUT2D eigenvalue weighted by Gasteiger charge is -2.47. The summed E-state index contributed by atoms with van der Waals surface area (Å²) in [4.78, 5) is 1.37. The van der Waals surface area contributed by atoms with Gasteiger partial charge in [0.2, 0.25) is 0 Å². The number of benzene rings is 5. The maximum Gasteiger partial charge on any atom is 0.157 e. The fourth-order valence-corrected chi connectivity index (χ4v) is 17.7. The van der Waals surface area contributed by atoms with Crippen LogP contribution in [0.5, 0.6) is 0 Å². The fraction of sp³-hybridized carbons (Fsp3) is 0.464. The van der Waals surface area contributed by atoms with E-state index in [1.807, 2.05) is 6.07 Å². The molecule has 5 rings (SSSR count). The van der Waals surface area contributed by atoms with Crippen molar-refractivity contribution >= 4 is 86.7 Å². The molecular weight excluding hydrogens is 1110 g/mol. The molecule has 0 aliphatic heterocycles. The zero-order valence-electron chi connectivity index (χ0n) is 48.5. The highest BCUT2D eigenvalue weighted by atomic mass is 28.3. The molecule has 1 N–H and O–H groups in total. The van der Waals surface area contributed by atoms with Crippen LogP contribution in [-0.4, -0.2) is 52.5 Å². The third-order valence-corrected chi connectivity index (χ3v) is 40.0. The van der Waals surface area contributed by atoms with Gasteiger partial charge in [-0.3, -0.25) is 0 Å². The van der Waals surface area contributed by atoms with Crippen LogP contribution >= 0.6 is 0 Å². The Morgan fingerprint density at radius 3 is 0.551 bits per heavy atom. The number of halogens is 16. The van der Waals surface area contributed by atoms with Gasteiger partial charge >= 0.3 is 0 Å². The van der Waals surface area contributed by atoms with Crippen molar-refractivity contribution in [2.24, 2.45) is 0 Å². The minimum atomic E-state index is -6.78. The van der Waals surface area contributed by atoms with E-state index in [2.05, 4.69) is 38.4 Å². The standard InChI is InChI=1S/C48H60BF16Si4.C8H11N/c1-45(2,3)66(13,14)41-33(58)25(50)21(26(51)34(41)59)49(22-27(52)35(60)42(36(61)28(22)53)67(15,16)46(4,5)6,23-29(54)37(62)43(38(63)30(23)55)68(17,18)47(7,8)9)24-31(56)39(64)44(40(65)32(24)57)69(19,20)48(10,11)12;1-9(2)8-6-4-3-5-7-8/h1-20H3;3-7H,1-2H3/q-1;/p+1. The highest BCUT2D eigenvalue weighted by Gasteiger charge is 2.56. The van der Waals surface area contributed by atoms with Crippen molar-refractivity contribution in [3.05, 3.63) is 123 Å². The Balaban J connectivity index is 0.00000132. The smallest absolute Gasteiger partial charge is 0.157 e. The predicted octanol–water partition coefficient (Wildman–Crippen LogP) is 12.6. The summed E-state index contributed by atoms with van der Waals surface area (Å²) in [6.45, 7) is 26.1. The zero-order valence-corrected chi connectivity index (χ0v) is 52.5. The largest absolute Gasteiger partial charge is 0.307 e. The van der Waals surface area contributed by atoms with Crippen molar-refractivity contribution in [2.75, 3.05) is 14.1 Å². The highest BCUT2D eigenvalue weighted by molar-refractivity contribution is 7.20. The summed E-state index contributed by atoms with van der Waals surface area (Å²) in [5, 5.41) is -10.7. The number of hydrogen-bond acceptors (Lipinski definition) is 0. The molecule has 0 saturated heterocycles. The summed E-state index contributed by atoms with van der Waals surface area (Å²) in [5.41, 5.74) is -10.3. The first-order valence-electron chi connectivity index (χ1n) is 25.3. The molecular formula is C56H72BF16NSi4. The Hall–Kier alpha value is -4.13. The van der Waals surface area contributed by atoms with Crippen LogP contribution in [-0.2, 0) is 0 Å². The molecule has 0 aliphatic rings. The Kier molecular flexibility index (Phi) is 18.1. The minimum absolute atomic E-state index is 1.18. The van der Waals surface area contributed by atoms with E-state index in [1.165, 1.54) is 146 Å². The second-order valence-electron chi connectivity index (χ2n) is 26.9. The lowest BCUT2D eigenvalue weighted by molar-refractivity contribution is -0.786. The van der Waals surface area contributed by atoms with Gasteiger partial charge in [0.1, 0.15) is 58.4 Å². The molecule has 0 aliphatic carbocycles. The average Bonchev–Trinajstić information content (AvgIpc) is 3.28. The molecule has 0 amide bonds. The van der Waals surface area contributed by atoms with Crippen LogP contribution in [0.3, 0.4) is 0 Å². The molecule has 78 heavy (non-hydrogen) atoms. The minimum Gasteiger partial charge on any atom is -0.307 e. The van der Waals surface area contributed by atoms with Gasteiger partial charge in [0.05, 0.1) is 46.4 Å². The average molecular weight is 1190 g/mol. The summed E-state index contributed by atoms with van der Waals surface area (Å²) in [5.74, 6) is -44.3. The van der Waals surface area contributed by atoms with Gasteiger partial charge in [-0.15, -0.1) is 21.9 Å². The maximum absolute atomic E-state index is 17.8. The SMILES string of the molecule is CC(C)(C)[Si](C)(C)c1c(F)c(F)c([B-](c2c(F)c(F)c([Si](C)(C)C(C)(C)C)c(F)c2F)(c2c(F)c(F)c([Si](C)(C)C(C)(C)C)c(F)c2F)c2c(F)c(F)c([Si](C)(C)C(C)(C)C)c(F)c2F)c(F)c1F.C[NH+](C)c1ccccc1. The van der Waals surface area contributed by atoms with E-state index in [0.717, 1.165) is 0 Å². The van der Waals surface area contributed by atoms with Crippen molar-refractivity contribution in [2.45, 2.75) is 156 Å². The van der Waals surface area contributed by atoms with Gasteiger partial charge in [0.15, 0.2) is 46.5 Å². The lowest BCUT2D eigenvalue weighted by Crippen LogP contribution is -3.00. The van der Waals surface area contributed by atoms with E-state index < -0.39 is 194 Å². The summed E-state index contributed by atoms with van der Waals surface area (Å²) in [6.07, 6.45) is -6.78. The van der Waals surface area contributed by atoms with Crippen LogP contribution in [0.4, 0.5) is 75.9 Å². The first kappa shape index (κ1) is 66.4. The van der Waals surface area contributed by atoms with Crippen LogP contribution in [0.2, 0.25) is 72.5 Å². The molecule has 22 heteroatoms. The molecule has 0 fully saturated rings. The number of rotatable bonds is 9. The van der Waals surface area contributed by atoms with Crippen molar-refractivity contribution < 1.29 is 75.1 Å². The molecule has 1 nitrogen and oxygen atoms in total. The Morgan fingerprint density at radius 2 is 0.436 bits per heavy atom. The van der Waals surface area contributed by atoms with Crippen LogP contribution in [0, 0.1) is 93.1 Å². The summed E-state index contributed by atoms with van der Waals surface area (Å²) >= 11 is 0. The molecule has 0 unspecified atom stereocenters. The van der Waals surface area contributed by atoms with E-state index in [-0.39, 0.29) is 0 Å². The fourth-order valence-electron chi connectivity index (χ4n) is 9.45. The van der Waals surface area contributed by atoms with Crippen molar-refractivity contribution in [3.63, 3.8) is 0 Å². The molecule has 0 atom stereocenters. The Labute approximate surface area is 453 Å². The highest BCUT2D eigenvalue weighted by Crippen LogP contribution is 2.42. The third kappa shape index (κ3) is 10.2. The monoisotopic (exact) mass is 1190 g/mol. The van der Waals surface area contributed by atoms with Gasteiger partial charge in [0.25, 0.3) is 0 Å². The van der Waals surface area contributed by atoms with Gasteiger partial charge in [-0.05, 0) is 32.3 Å². The van der Waals surface area contributed by atoms with E-state index in [0.29, 0.717) is 0 Å². The lowest BCUT2D eigenvalue weighted by atomic mass is 9.12. The molecule has 0 heterocycles. The van der Waals surface area contributed by atoms with Crippen LogP contribution in [0.15, 0.2) is 30.3 Å². The van der Waals surface area contributed by atoms with Crippen molar-refractivity contribution in [1.29, 1.82) is 0 Å². The first-order valence-corrected chi connectivity index (χ1v) is 37.3.